The first kappa shape index (κ1) is 30.5. The van der Waals surface area contributed by atoms with E-state index in [4.69, 9.17) is 16.6 Å². The van der Waals surface area contributed by atoms with Crippen LogP contribution in [0, 0.1) is 0 Å². The molecular weight excluding hydrogens is 474 g/mol. The molecule has 0 aromatic heterocycles. The number of aliphatic hydroxyl groups excluding tert-OH is 1. The van der Waals surface area contributed by atoms with Gasteiger partial charge in [0, 0.05) is 12.8 Å². The molecule has 0 aliphatic heterocycles. The number of unbranched alkanes of at least 4 members (excludes halogenated alkanes) is 1. The highest BCUT2D eigenvalue weighted by atomic mass is 16.4. The molecule has 0 aliphatic rings. The van der Waals surface area contributed by atoms with Crippen molar-refractivity contribution in [2.75, 3.05) is 13.2 Å². The number of aliphatic carboxylic acids is 2. The van der Waals surface area contributed by atoms with E-state index >= 15 is 0 Å². The highest BCUT2D eigenvalue weighted by molar-refractivity contribution is 5.94. The Labute approximate surface area is 208 Å². The van der Waals surface area contributed by atoms with Crippen LogP contribution in [0.25, 0.3) is 0 Å². The van der Waals surface area contributed by atoms with Crippen LogP contribution in [0.15, 0.2) is 30.3 Å². The summed E-state index contributed by atoms with van der Waals surface area (Å²) in [6.45, 7) is -0.330. The SMILES string of the molecule is NCCCC[C@H](N)C(=O)N[C@@H](CO)C(=O)N[C@@H](Cc1ccccc1)C(=O)N[C@@H](CCC(=O)O)C(=O)O. The molecule has 0 aliphatic carbocycles. The van der Waals surface area contributed by atoms with E-state index < -0.39 is 66.9 Å². The van der Waals surface area contributed by atoms with Crippen molar-refractivity contribution >= 4 is 29.7 Å². The van der Waals surface area contributed by atoms with Crippen LogP contribution in [-0.2, 0) is 30.4 Å². The molecule has 13 heteroatoms. The summed E-state index contributed by atoms with van der Waals surface area (Å²) in [5.41, 5.74) is 11.9. The van der Waals surface area contributed by atoms with Crippen molar-refractivity contribution in [2.45, 2.75) is 62.7 Å². The zero-order valence-corrected chi connectivity index (χ0v) is 19.9. The predicted molar refractivity (Wildman–Crippen MR) is 128 cm³/mol. The number of carbonyl (C=O) groups excluding carboxylic acids is 3. The van der Waals surface area contributed by atoms with Gasteiger partial charge in [-0.3, -0.25) is 19.2 Å². The van der Waals surface area contributed by atoms with E-state index in [-0.39, 0.29) is 12.8 Å². The third-order valence-electron chi connectivity index (χ3n) is 5.30. The van der Waals surface area contributed by atoms with E-state index in [0.717, 1.165) is 0 Å². The van der Waals surface area contributed by atoms with Crippen molar-refractivity contribution in [3.8, 4) is 0 Å². The Morgan fingerprint density at radius 3 is 1.94 bits per heavy atom. The fourth-order valence-electron chi connectivity index (χ4n) is 3.24. The van der Waals surface area contributed by atoms with E-state index in [1.165, 1.54) is 0 Å². The summed E-state index contributed by atoms with van der Waals surface area (Å²) in [7, 11) is 0. The summed E-state index contributed by atoms with van der Waals surface area (Å²) in [4.78, 5) is 60.4. The summed E-state index contributed by atoms with van der Waals surface area (Å²) < 4.78 is 0. The second kappa shape index (κ2) is 16.2. The van der Waals surface area contributed by atoms with Gasteiger partial charge in [-0.2, -0.15) is 0 Å². The molecule has 13 nitrogen and oxygen atoms in total. The van der Waals surface area contributed by atoms with Gasteiger partial charge in [-0.05, 0) is 31.4 Å². The Morgan fingerprint density at radius 1 is 0.806 bits per heavy atom. The van der Waals surface area contributed by atoms with Gasteiger partial charge in [-0.1, -0.05) is 36.8 Å². The molecule has 1 rings (SSSR count). The van der Waals surface area contributed by atoms with Crippen molar-refractivity contribution in [2.24, 2.45) is 11.5 Å². The highest BCUT2D eigenvalue weighted by Crippen LogP contribution is 2.06. The summed E-state index contributed by atoms with van der Waals surface area (Å²) in [5.74, 6) is -5.07. The van der Waals surface area contributed by atoms with Crippen molar-refractivity contribution in [3.63, 3.8) is 0 Å². The van der Waals surface area contributed by atoms with Crippen molar-refractivity contribution in [1.82, 2.24) is 16.0 Å². The normalized spacial score (nSPS) is 14.1. The van der Waals surface area contributed by atoms with Crippen molar-refractivity contribution < 1.29 is 39.3 Å². The van der Waals surface area contributed by atoms with Crippen LogP contribution in [-0.4, -0.2) is 82.3 Å². The average Bonchev–Trinajstić information content (AvgIpc) is 2.84. The molecule has 0 saturated heterocycles. The van der Waals surface area contributed by atoms with Crippen LogP contribution in [0.2, 0.25) is 0 Å². The third-order valence-corrected chi connectivity index (χ3v) is 5.30. The largest absolute Gasteiger partial charge is 0.481 e. The van der Waals surface area contributed by atoms with E-state index in [1.807, 2.05) is 0 Å². The van der Waals surface area contributed by atoms with Crippen LogP contribution < -0.4 is 27.4 Å². The van der Waals surface area contributed by atoms with E-state index in [2.05, 4.69) is 16.0 Å². The number of benzene rings is 1. The van der Waals surface area contributed by atoms with E-state index in [1.54, 1.807) is 30.3 Å². The predicted octanol–water partition coefficient (Wildman–Crippen LogP) is -1.92. The summed E-state index contributed by atoms with van der Waals surface area (Å²) in [5, 5.41) is 34.9. The summed E-state index contributed by atoms with van der Waals surface area (Å²) in [6, 6.07) is 3.44. The number of carboxylic acid groups (broad SMARTS) is 2. The standard InChI is InChI=1S/C23H35N5O8/c24-11-5-4-8-15(25)20(32)28-18(13-29)22(34)27-17(12-14-6-2-1-3-7-14)21(33)26-16(23(35)36)9-10-19(30)31/h1-3,6-7,15-18,29H,4-5,8-13,24-25H2,(H,26,33)(H,27,34)(H,28,32)(H,30,31)(H,35,36)/t15-,16-,17-,18-/m0/s1. The fraction of sp³-hybridized carbons (Fsp3) is 0.522. The molecule has 3 amide bonds. The molecule has 10 N–H and O–H groups in total. The number of hydrogen-bond acceptors (Lipinski definition) is 8. The molecule has 0 heterocycles. The zero-order valence-electron chi connectivity index (χ0n) is 19.9. The number of rotatable bonds is 17. The molecule has 1 aromatic carbocycles. The third kappa shape index (κ3) is 11.3. The first-order valence-corrected chi connectivity index (χ1v) is 11.5. The molecule has 36 heavy (non-hydrogen) atoms. The molecule has 0 saturated carbocycles. The topological polar surface area (TPSA) is 234 Å². The quantitative estimate of drug-likeness (QED) is 0.108. The van der Waals surface area contributed by atoms with Crippen LogP contribution in [0.1, 0.15) is 37.7 Å². The molecule has 0 bridgehead atoms. The van der Waals surface area contributed by atoms with Crippen molar-refractivity contribution in [1.29, 1.82) is 0 Å². The van der Waals surface area contributed by atoms with Crippen LogP contribution in [0.3, 0.4) is 0 Å². The zero-order chi connectivity index (χ0) is 27.1. The molecule has 200 valence electrons. The van der Waals surface area contributed by atoms with Crippen LogP contribution in [0.5, 0.6) is 0 Å². The molecule has 0 spiro atoms. The lowest BCUT2D eigenvalue weighted by Gasteiger charge is -2.24. The lowest BCUT2D eigenvalue weighted by atomic mass is 10.0. The number of hydrogen-bond donors (Lipinski definition) is 8. The first-order valence-electron chi connectivity index (χ1n) is 11.5. The van der Waals surface area contributed by atoms with Gasteiger partial charge in [0.25, 0.3) is 0 Å². The monoisotopic (exact) mass is 509 g/mol. The Kier molecular flexibility index (Phi) is 13.7. The second-order valence-electron chi connectivity index (χ2n) is 8.22. The maximum Gasteiger partial charge on any atom is 0.326 e. The van der Waals surface area contributed by atoms with Gasteiger partial charge in [0.2, 0.25) is 17.7 Å². The Bertz CT molecular complexity index is 883. The lowest BCUT2D eigenvalue weighted by Crippen LogP contribution is -2.58. The van der Waals surface area contributed by atoms with Gasteiger partial charge in [-0.25, -0.2) is 4.79 Å². The van der Waals surface area contributed by atoms with E-state index in [0.29, 0.717) is 31.4 Å². The minimum absolute atomic E-state index is 0.0334. The molecular formula is C23H35N5O8. The number of aliphatic hydroxyl groups is 1. The Hall–Kier alpha value is -3.55. The molecule has 0 fully saturated rings. The molecule has 1 aromatic rings. The smallest absolute Gasteiger partial charge is 0.326 e. The van der Waals surface area contributed by atoms with Gasteiger partial charge < -0.3 is 42.7 Å². The number of nitrogens with two attached hydrogens (primary N) is 2. The number of carbonyl (C=O) groups is 5. The van der Waals surface area contributed by atoms with Crippen molar-refractivity contribution in [3.05, 3.63) is 35.9 Å². The minimum Gasteiger partial charge on any atom is -0.481 e. The number of nitrogens with one attached hydrogen (secondary N) is 3. The van der Waals surface area contributed by atoms with Gasteiger partial charge in [-0.15, -0.1) is 0 Å². The van der Waals surface area contributed by atoms with E-state index in [9.17, 15) is 34.2 Å². The summed E-state index contributed by atoms with van der Waals surface area (Å²) >= 11 is 0. The molecule has 0 radical (unpaired) electrons. The lowest BCUT2D eigenvalue weighted by molar-refractivity contribution is -0.143. The summed E-state index contributed by atoms with van der Waals surface area (Å²) in [6.07, 6.45) is 0.720. The van der Waals surface area contributed by atoms with Crippen LogP contribution >= 0.6 is 0 Å². The number of carboxylic acids is 2. The molecule has 4 atom stereocenters. The fourth-order valence-corrected chi connectivity index (χ4v) is 3.24. The highest BCUT2D eigenvalue weighted by Gasteiger charge is 2.30. The molecule has 0 unspecified atom stereocenters. The Morgan fingerprint density at radius 2 is 1.39 bits per heavy atom. The maximum atomic E-state index is 12.9. The minimum atomic E-state index is -1.50. The van der Waals surface area contributed by atoms with Gasteiger partial charge in [0.15, 0.2) is 0 Å². The maximum absolute atomic E-state index is 12.9. The van der Waals surface area contributed by atoms with Crippen LogP contribution in [0.4, 0.5) is 0 Å². The van der Waals surface area contributed by atoms with Gasteiger partial charge in [0.05, 0.1) is 12.6 Å². The average molecular weight is 510 g/mol. The van der Waals surface area contributed by atoms with Gasteiger partial charge >= 0.3 is 11.9 Å². The van der Waals surface area contributed by atoms with Gasteiger partial charge in [0.1, 0.15) is 18.1 Å². The number of amides is 3. The second-order valence-corrected chi connectivity index (χ2v) is 8.22. The Balaban J connectivity index is 2.96. The first-order chi connectivity index (χ1) is 17.1.